The summed E-state index contributed by atoms with van der Waals surface area (Å²) in [6.45, 7) is 2.73. The van der Waals surface area contributed by atoms with Gasteiger partial charge in [0.2, 0.25) is 0 Å². The minimum Gasteiger partial charge on any atom is -0.508 e. The molecule has 1 aliphatic heterocycles. The average Bonchev–Trinajstić information content (AvgIpc) is 2.52. The van der Waals surface area contributed by atoms with Gasteiger partial charge in [0.1, 0.15) is 23.4 Å². The van der Waals surface area contributed by atoms with Gasteiger partial charge >= 0.3 is 0 Å². The van der Waals surface area contributed by atoms with Crippen molar-refractivity contribution in [3.63, 3.8) is 0 Å². The van der Waals surface area contributed by atoms with Gasteiger partial charge in [-0.2, -0.15) is 0 Å². The Hall–Kier alpha value is -2.20. The molecular formula is C18H20O4. The highest BCUT2D eigenvalue weighted by molar-refractivity contribution is 5.43. The van der Waals surface area contributed by atoms with Crippen molar-refractivity contribution in [1.82, 2.24) is 0 Å². The van der Waals surface area contributed by atoms with Gasteiger partial charge in [0.15, 0.2) is 6.10 Å². The van der Waals surface area contributed by atoms with Crippen LogP contribution in [0.3, 0.4) is 0 Å². The first-order valence-corrected chi connectivity index (χ1v) is 7.56. The molecule has 0 aromatic heterocycles. The van der Waals surface area contributed by atoms with Gasteiger partial charge < -0.3 is 19.7 Å². The minimum absolute atomic E-state index is 0.112. The van der Waals surface area contributed by atoms with Gasteiger partial charge in [-0.15, -0.1) is 0 Å². The van der Waals surface area contributed by atoms with Crippen LogP contribution in [0.4, 0.5) is 0 Å². The van der Waals surface area contributed by atoms with E-state index in [2.05, 4.69) is 6.92 Å². The molecule has 2 aromatic rings. The number of benzene rings is 2. The Morgan fingerprint density at radius 1 is 1.14 bits per heavy atom. The Morgan fingerprint density at radius 2 is 1.95 bits per heavy atom. The maximum Gasteiger partial charge on any atom is 0.150 e. The number of aromatic hydroxyl groups is 2. The summed E-state index contributed by atoms with van der Waals surface area (Å²) in [4.78, 5) is 0. The first-order valence-electron chi connectivity index (χ1n) is 7.56. The van der Waals surface area contributed by atoms with Crippen molar-refractivity contribution in [1.29, 1.82) is 0 Å². The van der Waals surface area contributed by atoms with Crippen molar-refractivity contribution in [2.24, 2.45) is 0 Å². The van der Waals surface area contributed by atoms with Gasteiger partial charge in [0.05, 0.1) is 0 Å². The summed E-state index contributed by atoms with van der Waals surface area (Å²) < 4.78 is 12.0. The summed E-state index contributed by atoms with van der Waals surface area (Å²) >= 11 is 0. The molecule has 0 spiro atoms. The van der Waals surface area contributed by atoms with Crippen molar-refractivity contribution in [3.05, 3.63) is 53.6 Å². The van der Waals surface area contributed by atoms with Crippen LogP contribution in [0.25, 0.3) is 0 Å². The molecule has 2 aromatic carbocycles. The zero-order valence-corrected chi connectivity index (χ0v) is 12.5. The third-order valence-electron chi connectivity index (χ3n) is 3.80. The summed E-state index contributed by atoms with van der Waals surface area (Å²) in [6.07, 6.45) is 1.24. The molecule has 0 amide bonds. The normalized spacial score (nSPS) is 20.2. The second-order valence-corrected chi connectivity index (χ2v) is 5.54. The molecule has 0 fully saturated rings. The molecule has 0 aliphatic carbocycles. The van der Waals surface area contributed by atoms with E-state index in [0.29, 0.717) is 12.4 Å². The Morgan fingerprint density at radius 3 is 2.73 bits per heavy atom. The van der Waals surface area contributed by atoms with Crippen molar-refractivity contribution < 1.29 is 19.7 Å². The van der Waals surface area contributed by atoms with E-state index in [9.17, 15) is 10.2 Å². The zero-order valence-electron chi connectivity index (χ0n) is 12.5. The Balaban J connectivity index is 1.94. The van der Waals surface area contributed by atoms with Gasteiger partial charge in [-0.1, -0.05) is 25.1 Å². The van der Waals surface area contributed by atoms with Crippen molar-refractivity contribution in [2.75, 3.05) is 6.61 Å². The lowest BCUT2D eigenvalue weighted by Gasteiger charge is -2.34. The van der Waals surface area contributed by atoms with Gasteiger partial charge in [0, 0.05) is 19.1 Å². The predicted octanol–water partition coefficient (Wildman–Crippen LogP) is 3.57. The standard InChI is InChI=1S/C18H20O4/c1-2-8-21-17-10-12-6-7-15(20)11-16(12)22-18(17)13-4-3-5-14(19)9-13/h3-7,9,11,17-20H,2,8,10H2,1H3/t17-,18?/m1/s1. The molecule has 4 nitrogen and oxygen atoms in total. The lowest BCUT2D eigenvalue weighted by Crippen LogP contribution is -2.33. The highest BCUT2D eigenvalue weighted by Crippen LogP contribution is 2.38. The van der Waals surface area contributed by atoms with Gasteiger partial charge in [-0.25, -0.2) is 0 Å². The number of phenols is 2. The SMILES string of the molecule is CCCO[C@@H]1Cc2ccc(O)cc2OC1c1cccc(O)c1. The fraction of sp³-hybridized carbons (Fsp3) is 0.333. The molecule has 0 saturated heterocycles. The minimum atomic E-state index is -0.298. The van der Waals surface area contributed by atoms with Crippen LogP contribution in [0.2, 0.25) is 0 Å². The molecule has 0 saturated carbocycles. The topological polar surface area (TPSA) is 58.9 Å². The van der Waals surface area contributed by atoms with Gasteiger partial charge in [-0.05, 0) is 35.7 Å². The fourth-order valence-corrected chi connectivity index (χ4v) is 2.76. The number of hydrogen-bond acceptors (Lipinski definition) is 4. The Labute approximate surface area is 129 Å². The van der Waals surface area contributed by atoms with E-state index in [4.69, 9.17) is 9.47 Å². The number of fused-ring (bicyclic) bond motifs is 1. The van der Waals surface area contributed by atoms with Crippen LogP contribution in [0.1, 0.15) is 30.6 Å². The Bertz CT molecular complexity index is 653. The fourth-order valence-electron chi connectivity index (χ4n) is 2.76. The molecular weight excluding hydrogens is 280 g/mol. The Kier molecular flexibility index (Phi) is 4.20. The summed E-state index contributed by atoms with van der Waals surface area (Å²) in [5, 5.41) is 19.4. The van der Waals surface area contributed by atoms with E-state index in [1.807, 2.05) is 12.1 Å². The molecule has 4 heteroatoms. The molecule has 22 heavy (non-hydrogen) atoms. The summed E-state index contributed by atoms with van der Waals surface area (Å²) in [7, 11) is 0. The summed E-state index contributed by atoms with van der Waals surface area (Å²) in [5.74, 6) is 1.06. The second kappa shape index (κ2) is 6.28. The molecule has 116 valence electrons. The quantitative estimate of drug-likeness (QED) is 0.906. The van der Waals surface area contributed by atoms with Crippen molar-refractivity contribution >= 4 is 0 Å². The van der Waals surface area contributed by atoms with Crippen LogP contribution in [0.5, 0.6) is 17.2 Å². The van der Waals surface area contributed by atoms with Crippen LogP contribution in [-0.4, -0.2) is 22.9 Å². The largest absolute Gasteiger partial charge is 0.508 e. The number of rotatable bonds is 4. The van der Waals surface area contributed by atoms with Crippen LogP contribution in [0.15, 0.2) is 42.5 Å². The van der Waals surface area contributed by atoms with Crippen molar-refractivity contribution in [3.8, 4) is 17.2 Å². The predicted molar refractivity (Wildman–Crippen MR) is 83.3 cm³/mol. The molecule has 2 N–H and O–H groups in total. The van der Waals surface area contributed by atoms with E-state index >= 15 is 0 Å². The molecule has 1 unspecified atom stereocenters. The molecule has 0 radical (unpaired) electrons. The summed E-state index contributed by atoms with van der Waals surface area (Å²) in [5.41, 5.74) is 1.89. The lowest BCUT2D eigenvalue weighted by atomic mass is 9.94. The van der Waals surface area contributed by atoms with E-state index in [-0.39, 0.29) is 23.7 Å². The molecule has 1 aliphatic rings. The third-order valence-corrected chi connectivity index (χ3v) is 3.80. The van der Waals surface area contributed by atoms with E-state index in [1.54, 1.807) is 30.3 Å². The van der Waals surface area contributed by atoms with Crippen molar-refractivity contribution in [2.45, 2.75) is 32.0 Å². The van der Waals surface area contributed by atoms with Crippen LogP contribution in [-0.2, 0) is 11.2 Å². The second-order valence-electron chi connectivity index (χ2n) is 5.54. The van der Waals surface area contributed by atoms with E-state index in [0.717, 1.165) is 24.0 Å². The first kappa shape index (κ1) is 14.7. The van der Waals surface area contributed by atoms with Crippen LogP contribution >= 0.6 is 0 Å². The molecule has 1 heterocycles. The monoisotopic (exact) mass is 300 g/mol. The van der Waals surface area contributed by atoms with Crippen LogP contribution < -0.4 is 4.74 Å². The molecule has 2 atom stereocenters. The van der Waals surface area contributed by atoms with Gasteiger partial charge in [-0.3, -0.25) is 0 Å². The smallest absolute Gasteiger partial charge is 0.150 e. The van der Waals surface area contributed by atoms with E-state index in [1.165, 1.54) is 0 Å². The maximum atomic E-state index is 9.71. The molecule has 0 bridgehead atoms. The van der Waals surface area contributed by atoms with Gasteiger partial charge in [0.25, 0.3) is 0 Å². The highest BCUT2D eigenvalue weighted by Gasteiger charge is 2.32. The first-order chi connectivity index (χ1) is 10.7. The van der Waals surface area contributed by atoms with Crippen LogP contribution in [0, 0.1) is 0 Å². The van der Waals surface area contributed by atoms with E-state index < -0.39 is 0 Å². The summed E-state index contributed by atoms with van der Waals surface area (Å²) in [6, 6.07) is 12.2. The lowest BCUT2D eigenvalue weighted by molar-refractivity contribution is -0.0374. The third kappa shape index (κ3) is 3.02. The zero-order chi connectivity index (χ0) is 15.5. The average molecular weight is 300 g/mol. The maximum absolute atomic E-state index is 9.71. The highest BCUT2D eigenvalue weighted by atomic mass is 16.5. The molecule has 3 rings (SSSR count). The number of hydrogen-bond donors (Lipinski definition) is 2. The number of phenolic OH excluding ortho intramolecular Hbond substituents is 2. The number of ether oxygens (including phenoxy) is 2.